The Labute approximate surface area is 296 Å². The van der Waals surface area contributed by atoms with Gasteiger partial charge in [0.15, 0.2) is 0 Å². The summed E-state index contributed by atoms with van der Waals surface area (Å²) in [5.74, 6) is -3.53. The maximum absolute atomic E-state index is 14.7. The Morgan fingerprint density at radius 3 is 2.59 bits per heavy atom. The number of ether oxygens (including phenoxy) is 3. The van der Waals surface area contributed by atoms with Crippen molar-refractivity contribution >= 4 is 39.6 Å². The van der Waals surface area contributed by atoms with E-state index in [-0.39, 0.29) is 42.8 Å². The largest absolute Gasteiger partial charge is 0.455 e. The van der Waals surface area contributed by atoms with Crippen molar-refractivity contribution in [3.05, 3.63) is 61.2 Å². The molecule has 0 aromatic heterocycles. The van der Waals surface area contributed by atoms with Crippen LogP contribution in [0, 0.1) is 11.8 Å². The van der Waals surface area contributed by atoms with Crippen molar-refractivity contribution in [2.45, 2.75) is 67.3 Å². The molecule has 1 aromatic carbocycles. The van der Waals surface area contributed by atoms with E-state index >= 15 is 0 Å². The summed E-state index contributed by atoms with van der Waals surface area (Å²) in [6.07, 6.45) is 3.30. The summed E-state index contributed by atoms with van der Waals surface area (Å²) in [4.78, 5) is 61.1. The van der Waals surface area contributed by atoms with Crippen molar-refractivity contribution in [2.24, 2.45) is 11.8 Å². The van der Waals surface area contributed by atoms with Gasteiger partial charge in [-0.1, -0.05) is 65.3 Å². The van der Waals surface area contributed by atoms with Gasteiger partial charge in [0.1, 0.15) is 17.7 Å². The first-order valence-electron chi connectivity index (χ1n) is 17.3. The third-order valence-corrected chi connectivity index (χ3v) is 11.1. The minimum atomic E-state index is -1.31. The molecule has 3 amide bonds. The van der Waals surface area contributed by atoms with Gasteiger partial charge in [-0.05, 0) is 24.8 Å². The first-order chi connectivity index (χ1) is 23.7. The number of carbonyl (C=O) groups is 4. The second-order valence-electron chi connectivity index (χ2n) is 13.1. The number of nitrogens with zero attached hydrogens (tertiary/aromatic N) is 3. The van der Waals surface area contributed by atoms with Crippen molar-refractivity contribution < 1.29 is 38.5 Å². The fourth-order valence-corrected chi connectivity index (χ4v) is 8.72. The minimum absolute atomic E-state index is 0.0424. The normalized spacial score (nSPS) is 28.8. The van der Waals surface area contributed by atoms with E-state index < -0.39 is 53.6 Å². The van der Waals surface area contributed by atoms with Crippen LogP contribution < -0.4 is 5.32 Å². The summed E-state index contributed by atoms with van der Waals surface area (Å²) in [6.45, 7) is 13.2. The van der Waals surface area contributed by atoms with Crippen LogP contribution in [0.15, 0.2) is 55.6 Å². The number of likely N-dealkylation sites (tertiary alicyclic amines) is 1. The predicted octanol–water partition coefficient (Wildman–Crippen LogP) is 2.22. The lowest BCUT2D eigenvalue weighted by Crippen LogP contribution is -2.59. The fourth-order valence-electron chi connectivity index (χ4n) is 7.77. The van der Waals surface area contributed by atoms with Gasteiger partial charge in [-0.25, -0.2) is 0 Å². The Morgan fingerprint density at radius 2 is 1.94 bits per heavy atom. The topological polar surface area (TPSA) is 138 Å². The van der Waals surface area contributed by atoms with E-state index in [0.29, 0.717) is 51.1 Å². The number of allylic oxidation sites excluding steroid dienone is 1. The van der Waals surface area contributed by atoms with E-state index in [4.69, 9.17) is 14.2 Å². The molecule has 4 heterocycles. The second kappa shape index (κ2) is 16.7. The number of hydrogen-bond acceptors (Lipinski definition) is 9. The molecule has 12 nitrogen and oxygen atoms in total. The van der Waals surface area contributed by atoms with Crippen molar-refractivity contribution in [1.82, 2.24) is 20.0 Å². The Kier molecular flexibility index (Phi) is 12.7. The van der Waals surface area contributed by atoms with Gasteiger partial charge < -0.3 is 34.4 Å². The number of carbonyl (C=O) groups excluding carboxylic acids is 4. The first-order valence-corrected chi connectivity index (χ1v) is 18.2. The molecule has 0 aliphatic carbocycles. The van der Waals surface area contributed by atoms with Gasteiger partial charge in [-0.15, -0.1) is 13.2 Å². The van der Waals surface area contributed by atoms with Gasteiger partial charge >= 0.3 is 5.97 Å². The molecule has 2 N–H and O–H groups in total. The number of fused-ring (bicyclic) bond motifs is 1. The first kappa shape index (κ1) is 37.2. The third kappa shape index (κ3) is 7.65. The van der Waals surface area contributed by atoms with Gasteiger partial charge in [0.2, 0.25) is 17.7 Å². The highest BCUT2D eigenvalue weighted by molar-refractivity contribution is 9.09. The molecule has 13 heteroatoms. The summed E-state index contributed by atoms with van der Waals surface area (Å²) in [5, 5.41) is 13.3. The maximum Gasteiger partial charge on any atom is 0.313 e. The monoisotopic (exact) mass is 744 g/mol. The highest BCUT2D eigenvalue weighted by atomic mass is 79.9. The maximum atomic E-state index is 14.7. The van der Waals surface area contributed by atoms with Crippen molar-refractivity contribution in [3.63, 3.8) is 0 Å². The molecule has 0 saturated carbocycles. The molecule has 4 fully saturated rings. The van der Waals surface area contributed by atoms with Crippen molar-refractivity contribution in [1.29, 1.82) is 0 Å². The molecule has 0 radical (unpaired) electrons. The summed E-state index contributed by atoms with van der Waals surface area (Å²) < 4.78 is 18.3. The number of esters is 1. The van der Waals surface area contributed by atoms with Crippen LogP contribution in [0.2, 0.25) is 0 Å². The van der Waals surface area contributed by atoms with Crippen LogP contribution in [-0.2, 0) is 33.4 Å². The highest BCUT2D eigenvalue weighted by Crippen LogP contribution is 2.61. The van der Waals surface area contributed by atoms with Crippen LogP contribution in [0.25, 0.3) is 0 Å². The van der Waals surface area contributed by atoms with Gasteiger partial charge in [0.25, 0.3) is 0 Å². The van der Waals surface area contributed by atoms with Crippen molar-refractivity contribution in [2.75, 3.05) is 59.1 Å². The van der Waals surface area contributed by atoms with Crippen LogP contribution in [-0.4, -0.2) is 131 Å². The lowest BCUT2D eigenvalue weighted by molar-refractivity contribution is -0.161. The zero-order valence-electron chi connectivity index (χ0n) is 28.2. The Bertz CT molecular complexity index is 1360. The molecular weight excluding hydrogens is 696 g/mol. The number of benzene rings is 1. The van der Waals surface area contributed by atoms with E-state index in [0.717, 1.165) is 13.1 Å². The average molecular weight is 746 g/mol. The number of aliphatic hydroxyl groups excluding tert-OH is 1. The van der Waals surface area contributed by atoms with Gasteiger partial charge in [0, 0.05) is 44.0 Å². The van der Waals surface area contributed by atoms with Crippen LogP contribution in [0.4, 0.5) is 0 Å². The molecule has 4 saturated heterocycles. The van der Waals surface area contributed by atoms with Crippen LogP contribution in [0.5, 0.6) is 0 Å². The van der Waals surface area contributed by atoms with Crippen molar-refractivity contribution in [3.8, 4) is 0 Å². The molecule has 4 aliphatic rings. The van der Waals surface area contributed by atoms with Gasteiger partial charge in [-0.3, -0.25) is 24.1 Å². The van der Waals surface area contributed by atoms with E-state index in [1.165, 1.54) is 4.90 Å². The molecule has 8 atom stereocenters. The molecule has 1 unspecified atom stereocenters. The summed E-state index contributed by atoms with van der Waals surface area (Å²) >= 11 is 3.72. The van der Waals surface area contributed by atoms with Crippen LogP contribution in [0.3, 0.4) is 0 Å². The van der Waals surface area contributed by atoms with E-state index in [1.54, 1.807) is 17.1 Å². The number of amides is 3. The molecule has 4 aliphatic heterocycles. The molecule has 5 rings (SSSR count). The number of aliphatic hydroxyl groups is 1. The molecule has 49 heavy (non-hydrogen) atoms. The molecule has 1 aromatic rings. The highest BCUT2D eigenvalue weighted by Gasteiger charge is 2.77. The second-order valence-corrected chi connectivity index (χ2v) is 14.3. The number of alkyl halides is 1. The average Bonchev–Trinajstić information content (AvgIpc) is 3.72. The van der Waals surface area contributed by atoms with Crippen LogP contribution in [0.1, 0.15) is 44.3 Å². The van der Waals surface area contributed by atoms with Gasteiger partial charge in [-0.2, -0.15) is 0 Å². The minimum Gasteiger partial charge on any atom is -0.455 e. The Hall–Kier alpha value is -3.10. The Morgan fingerprint density at radius 1 is 1.20 bits per heavy atom. The smallest absolute Gasteiger partial charge is 0.313 e. The van der Waals surface area contributed by atoms with E-state index in [1.807, 2.05) is 37.3 Å². The number of halogens is 1. The standard InChI is InChI=1S/C36H49BrN4O8/c1-4-7-13-28(43)38-22-27(24-11-9-8-10-12-24)48-35(46)29-30-33(44)41(25(6-3)23-42)32(36(30)21-26(37)31(29)49-36)34(45)40(14-5-2)16-15-39-17-19-47-20-18-39/h4-5,8-12,25-27,29-32,42H,1-2,6-7,13-23H2,3H3,(H,38,43)/t25-,26?,27+,29+,30-,31+,32+,36-/m0/s1. The zero-order chi connectivity index (χ0) is 35.1. The number of hydrogen-bond donors (Lipinski definition) is 2. The lowest BCUT2D eigenvalue weighted by Gasteiger charge is -2.39. The number of morpholine rings is 1. The summed E-state index contributed by atoms with van der Waals surface area (Å²) in [5.41, 5.74) is -0.619. The number of nitrogens with one attached hydrogen (secondary N) is 1. The lowest BCUT2D eigenvalue weighted by atomic mass is 9.70. The number of rotatable bonds is 17. The molecule has 268 valence electrons. The molecule has 1 spiro atoms. The third-order valence-electron chi connectivity index (χ3n) is 10.2. The van der Waals surface area contributed by atoms with Gasteiger partial charge in [0.05, 0.1) is 50.3 Å². The Balaban J connectivity index is 1.44. The molecular formula is C36H49BrN4O8. The molecule has 2 bridgehead atoms. The zero-order valence-corrected chi connectivity index (χ0v) is 29.8. The van der Waals surface area contributed by atoms with Crippen LogP contribution >= 0.6 is 15.9 Å². The predicted molar refractivity (Wildman–Crippen MR) is 185 cm³/mol. The quantitative estimate of drug-likeness (QED) is 0.140. The summed E-state index contributed by atoms with van der Waals surface area (Å²) in [7, 11) is 0. The van der Waals surface area contributed by atoms with E-state index in [9.17, 15) is 24.3 Å². The summed E-state index contributed by atoms with van der Waals surface area (Å²) in [6, 6.07) is 7.42. The van der Waals surface area contributed by atoms with E-state index in [2.05, 4.69) is 39.3 Å². The SMILES string of the molecule is C=CCCC(=O)NC[C@@H](OC(=O)[C@H]1[C@@H]2O[C@@]3(CC2Br)[C@@H]1C(=O)N([C@@H](CC)CO)[C@@H]3C(=O)N(CC=C)CCN1CCOCC1)c1ccccc1. The fraction of sp³-hybridized carbons (Fsp3) is 0.611.